The highest BCUT2D eigenvalue weighted by Gasteiger charge is 2.26. The van der Waals surface area contributed by atoms with Gasteiger partial charge in [-0.2, -0.15) is 4.98 Å². The average Bonchev–Trinajstić information content (AvgIpc) is 3.41. The highest BCUT2D eigenvalue weighted by atomic mass is 19.1. The van der Waals surface area contributed by atoms with Crippen molar-refractivity contribution in [2.24, 2.45) is 0 Å². The second kappa shape index (κ2) is 7.96. The summed E-state index contributed by atoms with van der Waals surface area (Å²) in [5, 5.41) is 4.10. The first-order valence-corrected chi connectivity index (χ1v) is 10.1. The molecule has 0 bridgehead atoms. The van der Waals surface area contributed by atoms with Gasteiger partial charge in [-0.1, -0.05) is 17.3 Å². The van der Waals surface area contributed by atoms with Crippen LogP contribution in [-0.4, -0.2) is 25.8 Å². The maximum absolute atomic E-state index is 13.2. The summed E-state index contributed by atoms with van der Waals surface area (Å²) in [6, 6.07) is 13.9. The molecule has 0 unspecified atom stereocenters. The Morgan fingerprint density at radius 2 is 1.87 bits per heavy atom. The fraction of sp³-hybridized carbons (Fsp3) is 0.261. The summed E-state index contributed by atoms with van der Waals surface area (Å²) in [5.41, 5.74) is 3.23. The fourth-order valence-corrected chi connectivity index (χ4v) is 3.58. The quantitative estimate of drug-likeness (QED) is 0.462. The Hall–Kier alpha value is -3.52. The van der Waals surface area contributed by atoms with Gasteiger partial charge in [0.05, 0.1) is 31.3 Å². The lowest BCUT2D eigenvalue weighted by molar-refractivity contribution is 0.00326. The molecule has 2 aromatic carbocycles. The Balaban J connectivity index is 1.35. The molecule has 0 radical (unpaired) electrons. The molecule has 5 rings (SSSR count). The van der Waals surface area contributed by atoms with Crippen LogP contribution in [0.25, 0.3) is 23.0 Å². The van der Waals surface area contributed by atoms with Gasteiger partial charge < -0.3 is 18.6 Å². The van der Waals surface area contributed by atoms with Gasteiger partial charge in [-0.25, -0.2) is 9.37 Å². The van der Waals surface area contributed by atoms with Gasteiger partial charge >= 0.3 is 0 Å². The van der Waals surface area contributed by atoms with Crippen molar-refractivity contribution in [3.05, 3.63) is 71.9 Å². The second-order valence-corrected chi connectivity index (χ2v) is 7.66. The standard InChI is InChI=1S/C23H21FN4O3/c1-14(2)30-18-9-5-16(6-10-18)22-26-23(31-27-22)21-19-12-29-20(11-28(19)13-25-21)15-3-7-17(24)8-4-15/h3-10,13-14,20H,11-12H2,1-2H3/t20-/m0/s1. The topological polar surface area (TPSA) is 75.2 Å². The van der Waals surface area contributed by atoms with Crippen LogP contribution < -0.4 is 4.74 Å². The Bertz CT molecular complexity index is 1180. The molecule has 0 fully saturated rings. The van der Waals surface area contributed by atoms with Gasteiger partial charge in [-0.05, 0) is 55.8 Å². The average molecular weight is 420 g/mol. The van der Waals surface area contributed by atoms with Gasteiger partial charge in [-0.3, -0.25) is 0 Å². The Kier molecular flexibility index (Phi) is 4.99. The van der Waals surface area contributed by atoms with Crippen molar-refractivity contribution in [3.8, 4) is 28.7 Å². The monoisotopic (exact) mass is 420 g/mol. The molecule has 2 aromatic heterocycles. The predicted molar refractivity (Wildman–Crippen MR) is 111 cm³/mol. The number of rotatable bonds is 5. The first-order valence-electron chi connectivity index (χ1n) is 10.1. The third kappa shape index (κ3) is 3.94. The Morgan fingerprint density at radius 3 is 2.61 bits per heavy atom. The molecule has 0 aliphatic carbocycles. The summed E-state index contributed by atoms with van der Waals surface area (Å²) < 4.78 is 32.4. The molecule has 1 atom stereocenters. The van der Waals surface area contributed by atoms with Crippen LogP contribution in [0.5, 0.6) is 5.75 Å². The van der Waals surface area contributed by atoms with Gasteiger partial charge in [-0.15, -0.1) is 0 Å². The van der Waals surface area contributed by atoms with E-state index < -0.39 is 0 Å². The minimum atomic E-state index is -0.264. The molecular formula is C23H21FN4O3. The number of hydrogen-bond acceptors (Lipinski definition) is 6. The van der Waals surface area contributed by atoms with Crippen molar-refractivity contribution >= 4 is 0 Å². The van der Waals surface area contributed by atoms with E-state index in [0.29, 0.717) is 30.6 Å². The zero-order chi connectivity index (χ0) is 21.4. The first kappa shape index (κ1) is 19.4. The molecule has 1 aliphatic rings. The third-order valence-electron chi connectivity index (χ3n) is 5.08. The molecule has 3 heterocycles. The molecule has 1 aliphatic heterocycles. The second-order valence-electron chi connectivity index (χ2n) is 7.66. The maximum atomic E-state index is 13.2. The minimum absolute atomic E-state index is 0.111. The lowest BCUT2D eigenvalue weighted by atomic mass is 10.1. The van der Waals surface area contributed by atoms with Crippen LogP contribution in [0.15, 0.2) is 59.4 Å². The van der Waals surface area contributed by atoms with E-state index in [4.69, 9.17) is 14.0 Å². The van der Waals surface area contributed by atoms with Gasteiger partial charge in [0.25, 0.3) is 5.89 Å². The Morgan fingerprint density at radius 1 is 1.10 bits per heavy atom. The summed E-state index contributed by atoms with van der Waals surface area (Å²) in [4.78, 5) is 8.99. The van der Waals surface area contributed by atoms with Crippen molar-refractivity contribution in [2.45, 2.75) is 39.2 Å². The fourth-order valence-electron chi connectivity index (χ4n) is 3.58. The summed E-state index contributed by atoms with van der Waals surface area (Å²) >= 11 is 0. The van der Waals surface area contributed by atoms with E-state index in [2.05, 4.69) is 15.1 Å². The number of halogens is 1. The normalized spacial score (nSPS) is 15.8. The number of aromatic nitrogens is 4. The SMILES string of the molecule is CC(C)Oc1ccc(-c2noc(-c3ncn4c3CO[C@H](c3ccc(F)cc3)C4)n2)cc1. The minimum Gasteiger partial charge on any atom is -0.491 e. The Labute approximate surface area is 178 Å². The molecule has 7 nitrogen and oxygen atoms in total. The number of nitrogens with zero attached hydrogens (tertiary/aromatic N) is 4. The largest absolute Gasteiger partial charge is 0.491 e. The number of imidazole rings is 1. The van der Waals surface area contributed by atoms with Crippen molar-refractivity contribution in [3.63, 3.8) is 0 Å². The molecular weight excluding hydrogens is 399 g/mol. The molecule has 4 aromatic rings. The van der Waals surface area contributed by atoms with Crippen LogP contribution in [-0.2, 0) is 17.9 Å². The molecule has 0 saturated heterocycles. The van der Waals surface area contributed by atoms with Crippen LogP contribution in [0.2, 0.25) is 0 Å². The molecule has 0 spiro atoms. The molecule has 0 saturated carbocycles. The van der Waals surface area contributed by atoms with Crippen molar-refractivity contribution < 1.29 is 18.4 Å². The number of benzene rings is 2. The van der Waals surface area contributed by atoms with E-state index in [0.717, 1.165) is 22.6 Å². The van der Waals surface area contributed by atoms with E-state index >= 15 is 0 Å². The summed E-state index contributed by atoms with van der Waals surface area (Å²) in [5.74, 6) is 1.35. The lowest BCUT2D eigenvalue weighted by Gasteiger charge is -2.25. The highest BCUT2D eigenvalue weighted by Crippen LogP contribution is 2.32. The van der Waals surface area contributed by atoms with E-state index in [1.165, 1.54) is 12.1 Å². The van der Waals surface area contributed by atoms with E-state index in [-0.39, 0.29) is 18.0 Å². The van der Waals surface area contributed by atoms with E-state index in [9.17, 15) is 4.39 Å². The lowest BCUT2D eigenvalue weighted by Crippen LogP contribution is -2.20. The molecule has 8 heteroatoms. The highest BCUT2D eigenvalue weighted by molar-refractivity contribution is 5.59. The summed E-state index contributed by atoms with van der Waals surface area (Å²) in [7, 11) is 0. The zero-order valence-electron chi connectivity index (χ0n) is 17.2. The van der Waals surface area contributed by atoms with E-state index in [1.54, 1.807) is 18.5 Å². The van der Waals surface area contributed by atoms with Crippen LogP contribution in [0.3, 0.4) is 0 Å². The van der Waals surface area contributed by atoms with Crippen LogP contribution in [0, 0.1) is 5.82 Å². The molecule has 0 N–H and O–H groups in total. The first-order chi connectivity index (χ1) is 15.1. The number of ether oxygens (including phenoxy) is 2. The van der Waals surface area contributed by atoms with Gasteiger partial charge in [0.15, 0.2) is 5.69 Å². The summed E-state index contributed by atoms with van der Waals surface area (Å²) in [6.07, 6.45) is 1.69. The van der Waals surface area contributed by atoms with Crippen molar-refractivity contribution in [1.29, 1.82) is 0 Å². The number of hydrogen-bond donors (Lipinski definition) is 0. The number of fused-ring (bicyclic) bond motifs is 1. The zero-order valence-corrected chi connectivity index (χ0v) is 17.2. The van der Waals surface area contributed by atoms with E-state index in [1.807, 2.05) is 42.7 Å². The van der Waals surface area contributed by atoms with Crippen LogP contribution in [0.4, 0.5) is 4.39 Å². The molecule has 31 heavy (non-hydrogen) atoms. The molecule has 0 amide bonds. The summed E-state index contributed by atoms with van der Waals surface area (Å²) in [6.45, 7) is 4.88. The van der Waals surface area contributed by atoms with Crippen LogP contribution in [0.1, 0.15) is 31.2 Å². The maximum Gasteiger partial charge on any atom is 0.278 e. The third-order valence-corrected chi connectivity index (χ3v) is 5.08. The van der Waals surface area contributed by atoms with Crippen molar-refractivity contribution in [1.82, 2.24) is 19.7 Å². The van der Waals surface area contributed by atoms with Gasteiger partial charge in [0.2, 0.25) is 5.82 Å². The van der Waals surface area contributed by atoms with Crippen molar-refractivity contribution in [2.75, 3.05) is 0 Å². The van der Waals surface area contributed by atoms with Gasteiger partial charge in [0.1, 0.15) is 17.7 Å². The predicted octanol–water partition coefficient (Wildman–Crippen LogP) is 4.80. The molecule has 158 valence electrons. The van der Waals surface area contributed by atoms with Crippen LogP contribution >= 0.6 is 0 Å². The smallest absolute Gasteiger partial charge is 0.278 e. The van der Waals surface area contributed by atoms with Gasteiger partial charge in [0, 0.05) is 5.56 Å².